The Kier molecular flexibility index (Phi) is 2.28. The van der Waals surface area contributed by atoms with E-state index in [2.05, 4.69) is 19.2 Å². The quantitative estimate of drug-likeness (QED) is 0.717. The van der Waals surface area contributed by atoms with Gasteiger partial charge in [0, 0.05) is 15.7 Å². The summed E-state index contributed by atoms with van der Waals surface area (Å²) in [5.74, 6) is 0.497. The van der Waals surface area contributed by atoms with Crippen molar-refractivity contribution in [1.29, 1.82) is 0 Å². The number of aliphatic hydroxyl groups is 1. The van der Waals surface area contributed by atoms with E-state index < -0.39 is 0 Å². The molecule has 0 amide bonds. The fourth-order valence-electron chi connectivity index (χ4n) is 1.21. The van der Waals surface area contributed by atoms with Gasteiger partial charge in [0.15, 0.2) is 5.82 Å². The first-order valence-electron chi connectivity index (χ1n) is 3.84. The zero-order valence-corrected chi connectivity index (χ0v) is 9.08. The Hall–Kier alpha value is -0.570. The van der Waals surface area contributed by atoms with Crippen molar-refractivity contribution in [3.63, 3.8) is 0 Å². The molecule has 2 aromatic rings. The number of nitrogens with zero attached hydrogens (tertiary/aromatic N) is 2. The van der Waals surface area contributed by atoms with Crippen LogP contribution in [-0.4, -0.2) is 15.1 Å². The van der Waals surface area contributed by atoms with Crippen LogP contribution in [0.25, 0.3) is 10.2 Å². The number of aryl methyl sites for hydroxylation is 1. The molecule has 3 nitrogen and oxygen atoms in total. The minimum Gasteiger partial charge on any atom is -0.388 e. The van der Waals surface area contributed by atoms with Gasteiger partial charge in [-0.05, 0) is 13.0 Å². The summed E-state index contributed by atoms with van der Waals surface area (Å²) in [4.78, 5) is 9.33. The van der Waals surface area contributed by atoms with Crippen molar-refractivity contribution in [2.24, 2.45) is 0 Å². The number of thiophene rings is 1. The molecule has 0 aromatic carbocycles. The number of hydrogen-bond acceptors (Lipinski definition) is 4. The summed E-state index contributed by atoms with van der Waals surface area (Å²) in [5, 5.41) is 9.98. The van der Waals surface area contributed by atoms with E-state index in [0.29, 0.717) is 5.82 Å². The van der Waals surface area contributed by atoms with Crippen LogP contribution in [0.5, 0.6) is 0 Å². The molecule has 0 aliphatic carbocycles. The first-order valence-corrected chi connectivity index (χ1v) is 5.23. The molecule has 13 heavy (non-hydrogen) atoms. The zero-order chi connectivity index (χ0) is 9.42. The molecule has 0 fully saturated rings. The van der Waals surface area contributed by atoms with Gasteiger partial charge in [0.25, 0.3) is 0 Å². The summed E-state index contributed by atoms with van der Waals surface area (Å²) in [7, 11) is 2.64. The predicted octanol–water partition coefficient (Wildman–Crippen LogP) is 0.992. The third kappa shape index (κ3) is 1.57. The second kappa shape index (κ2) is 3.29. The van der Waals surface area contributed by atoms with E-state index >= 15 is 0 Å². The molecule has 1 atom stereocenters. The Morgan fingerprint density at radius 1 is 1.54 bits per heavy atom. The van der Waals surface area contributed by atoms with Crippen LogP contribution in [0.3, 0.4) is 0 Å². The second-order valence-electron chi connectivity index (χ2n) is 2.75. The monoisotopic (exact) mass is 212 g/mol. The lowest BCUT2D eigenvalue weighted by Gasteiger charge is -1.97. The number of aromatic nitrogens is 2. The molecule has 0 saturated carbocycles. The Balaban J connectivity index is 2.75. The molecule has 0 radical (unpaired) electrons. The van der Waals surface area contributed by atoms with Gasteiger partial charge in [0.2, 0.25) is 0 Å². The van der Waals surface area contributed by atoms with Gasteiger partial charge in [-0.25, -0.2) is 9.97 Å². The zero-order valence-electron chi connectivity index (χ0n) is 7.11. The Morgan fingerprint density at radius 2 is 2.31 bits per heavy atom. The van der Waals surface area contributed by atoms with Crippen molar-refractivity contribution in [3.8, 4) is 0 Å². The smallest absolute Gasteiger partial charge is 0.155 e. The lowest BCUT2D eigenvalue weighted by atomic mass is 10.3. The largest absolute Gasteiger partial charge is 0.388 e. The van der Waals surface area contributed by atoms with E-state index in [1.165, 1.54) is 0 Å². The highest BCUT2D eigenvalue weighted by molar-refractivity contribution is 7.45. The average Bonchev–Trinajstić information content (AvgIpc) is 2.46. The normalized spacial score (nSPS) is 11.0. The molecule has 2 aromatic heterocycles. The molecule has 0 aliphatic rings. The second-order valence-corrected chi connectivity index (χ2v) is 4.85. The molecule has 0 bridgehead atoms. The van der Waals surface area contributed by atoms with Crippen molar-refractivity contribution >= 4 is 35.4 Å². The van der Waals surface area contributed by atoms with Gasteiger partial charge in [-0.1, -0.05) is 9.24 Å². The van der Waals surface area contributed by atoms with Crippen molar-refractivity contribution in [1.82, 2.24) is 9.97 Å². The lowest BCUT2D eigenvalue weighted by molar-refractivity contribution is 0.271. The van der Waals surface area contributed by atoms with Crippen LogP contribution in [0, 0.1) is 6.92 Å². The Labute approximate surface area is 82.0 Å². The number of rotatable bonds is 1. The first-order chi connectivity index (χ1) is 6.20. The van der Waals surface area contributed by atoms with Gasteiger partial charge in [0.1, 0.15) is 11.4 Å². The van der Waals surface area contributed by atoms with E-state index in [1.807, 2.05) is 13.0 Å². The van der Waals surface area contributed by atoms with Crippen LogP contribution in [0.1, 0.15) is 11.5 Å². The average molecular weight is 212 g/mol. The molecular weight excluding hydrogens is 203 g/mol. The van der Waals surface area contributed by atoms with Gasteiger partial charge in [-0.15, -0.1) is 11.3 Å². The molecule has 1 N–H and O–H groups in total. The summed E-state index contributed by atoms with van der Waals surface area (Å²) < 4.78 is 1.14. The van der Waals surface area contributed by atoms with E-state index in [-0.39, 0.29) is 6.61 Å². The fraction of sp³-hybridized carbons (Fsp3) is 0.250. The number of fused-ring (bicyclic) bond motifs is 1. The maximum Gasteiger partial charge on any atom is 0.155 e. The van der Waals surface area contributed by atoms with E-state index in [0.717, 1.165) is 20.5 Å². The predicted molar refractivity (Wildman–Crippen MR) is 57.4 cm³/mol. The number of aliphatic hydroxyl groups excluding tert-OH is 1. The molecule has 0 spiro atoms. The van der Waals surface area contributed by atoms with Gasteiger partial charge in [-0.2, -0.15) is 0 Å². The van der Waals surface area contributed by atoms with E-state index in [9.17, 15) is 0 Å². The molecule has 1 unspecified atom stereocenters. The van der Waals surface area contributed by atoms with Gasteiger partial charge < -0.3 is 5.11 Å². The van der Waals surface area contributed by atoms with Crippen molar-refractivity contribution in [3.05, 3.63) is 17.6 Å². The van der Waals surface area contributed by atoms with Gasteiger partial charge in [0.05, 0.1) is 0 Å². The molecule has 2 rings (SSSR count). The molecule has 2 heterocycles. The van der Waals surface area contributed by atoms with Crippen molar-refractivity contribution in [2.45, 2.75) is 13.5 Å². The summed E-state index contributed by atoms with van der Waals surface area (Å²) >= 11 is 1.60. The third-order valence-corrected chi connectivity index (χ3v) is 3.17. The van der Waals surface area contributed by atoms with Crippen molar-refractivity contribution < 1.29 is 5.11 Å². The van der Waals surface area contributed by atoms with Crippen LogP contribution in [0.4, 0.5) is 0 Å². The Bertz CT molecular complexity index is 455. The van der Waals surface area contributed by atoms with Gasteiger partial charge >= 0.3 is 0 Å². The summed E-state index contributed by atoms with van der Waals surface area (Å²) in [5.41, 5.74) is 0.930. The van der Waals surface area contributed by atoms with E-state index in [1.54, 1.807) is 11.3 Å². The van der Waals surface area contributed by atoms with Gasteiger partial charge in [-0.3, -0.25) is 0 Å². The molecule has 68 valence electrons. The highest BCUT2D eigenvalue weighted by Crippen LogP contribution is 2.20. The van der Waals surface area contributed by atoms with Crippen LogP contribution in [0.2, 0.25) is 0 Å². The first kappa shape index (κ1) is 9.00. The minimum absolute atomic E-state index is 0.0964. The fourth-order valence-corrected chi connectivity index (χ4v) is 2.58. The lowest BCUT2D eigenvalue weighted by Crippen LogP contribution is -1.95. The van der Waals surface area contributed by atoms with Crippen LogP contribution in [-0.2, 0) is 6.61 Å². The molecular formula is C8H9N2OPS. The maximum absolute atomic E-state index is 8.90. The topological polar surface area (TPSA) is 46.0 Å². The SMILES string of the molecule is Cc1nc(CO)nc2sc(P)cc12. The summed E-state index contributed by atoms with van der Waals surface area (Å²) in [6.07, 6.45) is 0. The van der Waals surface area contributed by atoms with E-state index in [4.69, 9.17) is 5.11 Å². The highest BCUT2D eigenvalue weighted by Gasteiger charge is 2.06. The standard InChI is InChI=1S/C8H9N2OPS/c1-4-5-2-7(12)13-8(5)10-6(3-11)9-4/h2,11H,3,12H2,1H3. The minimum atomic E-state index is -0.0964. The third-order valence-electron chi connectivity index (χ3n) is 1.79. The molecule has 0 aliphatic heterocycles. The molecule has 0 saturated heterocycles. The van der Waals surface area contributed by atoms with Crippen LogP contribution in [0.15, 0.2) is 6.07 Å². The maximum atomic E-state index is 8.90. The number of hydrogen-bond donors (Lipinski definition) is 1. The van der Waals surface area contributed by atoms with Crippen molar-refractivity contribution in [2.75, 3.05) is 0 Å². The van der Waals surface area contributed by atoms with Crippen LogP contribution < -0.4 is 4.62 Å². The summed E-state index contributed by atoms with van der Waals surface area (Å²) in [6, 6.07) is 2.04. The highest BCUT2D eigenvalue weighted by atomic mass is 32.1. The Morgan fingerprint density at radius 3 is 3.00 bits per heavy atom. The summed E-state index contributed by atoms with van der Waals surface area (Å²) in [6.45, 7) is 1.83. The van der Waals surface area contributed by atoms with Crippen LogP contribution >= 0.6 is 20.6 Å². The molecule has 5 heteroatoms.